The number of carboxylic acid groups (broad SMARTS) is 1. The molecule has 15 heavy (non-hydrogen) atoms. The van der Waals surface area contributed by atoms with Crippen LogP contribution in [0.5, 0.6) is 0 Å². The molecule has 1 aromatic heterocycles. The lowest BCUT2D eigenvalue weighted by molar-refractivity contribution is 0.0702. The van der Waals surface area contributed by atoms with Gasteiger partial charge in [-0.25, -0.2) is 4.79 Å². The molecule has 0 amide bonds. The largest absolute Gasteiger partial charge is 0.477 e. The predicted molar refractivity (Wildman–Crippen MR) is 64.1 cm³/mol. The van der Waals surface area contributed by atoms with Gasteiger partial charge >= 0.3 is 5.97 Å². The number of hydrogen-bond donors (Lipinski definition) is 1. The van der Waals surface area contributed by atoms with Crippen LogP contribution in [0.1, 0.15) is 35.9 Å². The van der Waals surface area contributed by atoms with E-state index in [1.54, 1.807) is 6.07 Å². The van der Waals surface area contributed by atoms with Crippen LogP contribution in [0.25, 0.3) is 0 Å². The summed E-state index contributed by atoms with van der Waals surface area (Å²) in [6, 6.07) is 1.74. The zero-order valence-corrected chi connectivity index (χ0v) is 10.0. The van der Waals surface area contributed by atoms with Gasteiger partial charge in [-0.15, -0.1) is 11.3 Å². The van der Waals surface area contributed by atoms with Crippen LogP contribution in [-0.2, 0) is 0 Å². The van der Waals surface area contributed by atoms with Crippen LogP contribution in [0.2, 0.25) is 0 Å². The first kappa shape index (κ1) is 12.0. The van der Waals surface area contributed by atoms with Crippen molar-refractivity contribution in [1.82, 2.24) is 0 Å². The molecular weight excluding hydrogens is 210 g/mol. The van der Waals surface area contributed by atoms with E-state index in [9.17, 15) is 4.79 Å². The maximum atomic E-state index is 10.7. The molecule has 84 valence electrons. The molecule has 0 bridgehead atoms. The number of carbonyl (C=O) groups is 1. The Kier molecular flexibility index (Phi) is 4.62. The van der Waals surface area contributed by atoms with Gasteiger partial charge in [-0.2, -0.15) is 0 Å². The van der Waals surface area contributed by atoms with Gasteiger partial charge in [0.2, 0.25) is 0 Å². The molecule has 1 rings (SSSR count). The number of anilines is 1. The van der Waals surface area contributed by atoms with Crippen molar-refractivity contribution in [2.75, 3.05) is 18.5 Å². The van der Waals surface area contributed by atoms with E-state index in [-0.39, 0.29) is 0 Å². The summed E-state index contributed by atoms with van der Waals surface area (Å²) in [5.74, 6) is -0.840. The minimum atomic E-state index is -0.840. The van der Waals surface area contributed by atoms with E-state index >= 15 is 0 Å². The lowest BCUT2D eigenvalue weighted by atomic mass is 10.2. The second kappa shape index (κ2) is 5.75. The number of aromatic carboxylic acids is 1. The van der Waals surface area contributed by atoms with Gasteiger partial charge < -0.3 is 10.0 Å². The molecule has 1 N–H and O–H groups in total. The highest BCUT2D eigenvalue weighted by atomic mass is 32.1. The van der Waals surface area contributed by atoms with Crippen LogP contribution in [0.15, 0.2) is 11.4 Å². The standard InChI is InChI=1S/C11H17NO2S/c1-3-4-5-6-12(2)9-7-10(11(13)14)15-8-9/h7-8H,3-6H2,1-2H3,(H,13,14). The average Bonchev–Trinajstić information content (AvgIpc) is 2.66. The molecule has 4 heteroatoms. The van der Waals surface area contributed by atoms with Crippen LogP contribution < -0.4 is 4.90 Å². The summed E-state index contributed by atoms with van der Waals surface area (Å²) in [5.41, 5.74) is 1.01. The molecule has 3 nitrogen and oxygen atoms in total. The zero-order chi connectivity index (χ0) is 11.3. The normalized spacial score (nSPS) is 10.3. The maximum absolute atomic E-state index is 10.7. The minimum absolute atomic E-state index is 0.410. The van der Waals surface area contributed by atoms with Crippen LogP contribution in [0.3, 0.4) is 0 Å². The van der Waals surface area contributed by atoms with Gasteiger partial charge in [0.1, 0.15) is 4.88 Å². The first-order valence-corrected chi connectivity index (χ1v) is 6.06. The van der Waals surface area contributed by atoms with Crippen LogP contribution in [0, 0.1) is 0 Å². The molecule has 1 aromatic rings. The number of thiophene rings is 1. The molecule has 0 aliphatic heterocycles. The van der Waals surface area contributed by atoms with Gasteiger partial charge in [0.15, 0.2) is 0 Å². The summed E-state index contributed by atoms with van der Waals surface area (Å²) >= 11 is 1.28. The average molecular weight is 227 g/mol. The van der Waals surface area contributed by atoms with Gasteiger partial charge in [0.05, 0.1) is 0 Å². The highest BCUT2D eigenvalue weighted by Crippen LogP contribution is 2.22. The Morgan fingerprint density at radius 3 is 2.80 bits per heavy atom. The summed E-state index contributed by atoms with van der Waals surface area (Å²) < 4.78 is 0. The monoisotopic (exact) mass is 227 g/mol. The quantitative estimate of drug-likeness (QED) is 0.759. The van der Waals surface area contributed by atoms with Gasteiger partial charge in [-0.1, -0.05) is 19.8 Å². The van der Waals surface area contributed by atoms with Crippen molar-refractivity contribution < 1.29 is 9.90 Å². The molecule has 0 saturated carbocycles. The van der Waals surface area contributed by atoms with E-state index in [0.29, 0.717) is 4.88 Å². The van der Waals surface area contributed by atoms with Crippen molar-refractivity contribution in [3.63, 3.8) is 0 Å². The van der Waals surface area contributed by atoms with Gasteiger partial charge in [0.25, 0.3) is 0 Å². The third-order valence-corrected chi connectivity index (χ3v) is 3.24. The van der Waals surface area contributed by atoms with Crippen molar-refractivity contribution in [1.29, 1.82) is 0 Å². The Labute approximate surface area is 94.3 Å². The highest BCUT2D eigenvalue weighted by Gasteiger charge is 2.09. The Morgan fingerprint density at radius 1 is 1.53 bits per heavy atom. The van der Waals surface area contributed by atoms with E-state index in [0.717, 1.165) is 18.7 Å². The van der Waals surface area contributed by atoms with E-state index in [2.05, 4.69) is 11.8 Å². The number of carboxylic acids is 1. The van der Waals surface area contributed by atoms with Crippen LogP contribution in [-0.4, -0.2) is 24.7 Å². The molecule has 0 saturated heterocycles. The van der Waals surface area contributed by atoms with Crippen LogP contribution >= 0.6 is 11.3 Å². The summed E-state index contributed by atoms with van der Waals surface area (Å²) in [6.07, 6.45) is 3.59. The number of hydrogen-bond acceptors (Lipinski definition) is 3. The number of rotatable bonds is 6. The van der Waals surface area contributed by atoms with E-state index < -0.39 is 5.97 Å². The topological polar surface area (TPSA) is 40.5 Å². The second-order valence-corrected chi connectivity index (χ2v) is 4.51. The third kappa shape index (κ3) is 3.55. The van der Waals surface area contributed by atoms with Gasteiger partial charge in [-0.05, 0) is 12.5 Å². The van der Waals surface area contributed by atoms with E-state index in [1.807, 2.05) is 12.4 Å². The zero-order valence-electron chi connectivity index (χ0n) is 9.19. The Balaban J connectivity index is 2.50. The second-order valence-electron chi connectivity index (χ2n) is 3.60. The van der Waals surface area contributed by atoms with Gasteiger partial charge in [0, 0.05) is 24.7 Å². The lowest BCUT2D eigenvalue weighted by Gasteiger charge is -2.16. The molecule has 0 aliphatic rings. The summed E-state index contributed by atoms with van der Waals surface area (Å²) in [5, 5.41) is 10.7. The fraction of sp³-hybridized carbons (Fsp3) is 0.545. The molecule has 0 atom stereocenters. The Morgan fingerprint density at radius 2 is 2.27 bits per heavy atom. The van der Waals surface area contributed by atoms with Crippen molar-refractivity contribution in [3.8, 4) is 0 Å². The van der Waals surface area contributed by atoms with Crippen molar-refractivity contribution in [2.24, 2.45) is 0 Å². The molecule has 0 aromatic carbocycles. The molecule has 0 aliphatic carbocycles. The third-order valence-electron chi connectivity index (χ3n) is 2.33. The van der Waals surface area contributed by atoms with Crippen molar-refractivity contribution >= 4 is 23.0 Å². The fourth-order valence-corrected chi connectivity index (χ4v) is 2.15. The lowest BCUT2D eigenvalue weighted by Crippen LogP contribution is -2.17. The highest BCUT2D eigenvalue weighted by molar-refractivity contribution is 7.12. The number of unbranched alkanes of at least 4 members (excludes halogenated alkanes) is 2. The Bertz CT molecular complexity index is 322. The molecule has 0 spiro atoms. The van der Waals surface area contributed by atoms with Crippen molar-refractivity contribution in [2.45, 2.75) is 26.2 Å². The number of nitrogens with zero attached hydrogens (tertiary/aromatic N) is 1. The molecular formula is C11H17NO2S. The molecule has 0 fully saturated rings. The van der Waals surface area contributed by atoms with Gasteiger partial charge in [-0.3, -0.25) is 0 Å². The first-order valence-electron chi connectivity index (χ1n) is 5.18. The maximum Gasteiger partial charge on any atom is 0.345 e. The molecule has 0 radical (unpaired) electrons. The summed E-state index contributed by atoms with van der Waals surface area (Å²) in [7, 11) is 2.00. The Hall–Kier alpha value is -1.03. The minimum Gasteiger partial charge on any atom is -0.477 e. The SMILES string of the molecule is CCCCCN(C)c1csc(C(=O)O)c1. The summed E-state index contributed by atoms with van der Waals surface area (Å²) in [6.45, 7) is 3.16. The molecule has 0 unspecified atom stereocenters. The predicted octanol–water partition coefficient (Wildman–Crippen LogP) is 3.07. The summed E-state index contributed by atoms with van der Waals surface area (Å²) in [4.78, 5) is 13.2. The van der Waals surface area contributed by atoms with Crippen molar-refractivity contribution in [3.05, 3.63) is 16.3 Å². The smallest absolute Gasteiger partial charge is 0.345 e. The molecule has 1 heterocycles. The fourth-order valence-electron chi connectivity index (χ4n) is 1.37. The first-order chi connectivity index (χ1) is 7.15. The van der Waals surface area contributed by atoms with E-state index in [1.165, 1.54) is 24.2 Å². The van der Waals surface area contributed by atoms with Crippen LogP contribution in [0.4, 0.5) is 5.69 Å². The van der Waals surface area contributed by atoms with E-state index in [4.69, 9.17) is 5.11 Å².